The molecule has 2 aromatic heterocycles. The summed E-state index contributed by atoms with van der Waals surface area (Å²) in [5.74, 6) is -0.356. The average molecular weight is 654 g/mol. The zero-order chi connectivity index (χ0) is 34.5. The number of hydrogen-bond donors (Lipinski definition) is 0. The predicted molar refractivity (Wildman–Crippen MR) is 204 cm³/mol. The first-order valence-corrected chi connectivity index (χ1v) is 17.3. The molecule has 0 aliphatic heterocycles. The van der Waals surface area contributed by atoms with Gasteiger partial charge in [-0.25, -0.2) is 0 Å². The number of allylic oxidation sites excluding steroid dienone is 5. The Kier molecular flexibility index (Phi) is 7.24. The third-order valence-electron chi connectivity index (χ3n) is 10.5. The zero-order valence-electron chi connectivity index (χ0n) is 27.8. The van der Waals surface area contributed by atoms with Crippen LogP contribution in [0.4, 0.5) is 0 Å². The zero-order valence-corrected chi connectivity index (χ0v) is 27.8. The van der Waals surface area contributed by atoms with E-state index in [4.69, 9.17) is 0 Å². The van der Waals surface area contributed by atoms with Gasteiger partial charge < -0.3 is 9.13 Å². The van der Waals surface area contributed by atoms with Gasteiger partial charge in [-0.1, -0.05) is 85.0 Å². The van der Waals surface area contributed by atoms with Crippen LogP contribution in [-0.2, 0) is 12.8 Å². The highest BCUT2D eigenvalue weighted by Crippen LogP contribution is 2.42. The molecule has 2 heterocycles. The Morgan fingerprint density at radius 3 is 2.35 bits per heavy atom. The number of benzene rings is 4. The molecule has 4 aromatic carbocycles. The van der Waals surface area contributed by atoms with Crippen molar-refractivity contribution in [2.45, 2.75) is 31.6 Å². The van der Waals surface area contributed by atoms with Gasteiger partial charge in [0, 0.05) is 33.5 Å². The van der Waals surface area contributed by atoms with Gasteiger partial charge in [0.1, 0.15) is 6.07 Å². The lowest BCUT2D eigenvalue weighted by Gasteiger charge is -2.20. The molecule has 0 radical (unpaired) electrons. The SMILES string of the molecule is N#CC1=CCc2c3c(n(-c4cc(-c5cccc(-c6ccccc6-n6c7c(c8ccccc86)CCC=C7)c5)ccc4C#N)c2C=C1)C(C#N)CC=C3. The summed E-state index contributed by atoms with van der Waals surface area (Å²) in [6, 6.07) is 39.1. The second-order valence-corrected chi connectivity index (χ2v) is 13.2. The van der Waals surface area contributed by atoms with E-state index >= 15 is 0 Å². The van der Waals surface area contributed by atoms with Gasteiger partial charge in [-0.2, -0.15) is 15.8 Å². The number of nitrogens with zero attached hydrogens (tertiary/aromatic N) is 5. The van der Waals surface area contributed by atoms with E-state index in [1.54, 1.807) is 0 Å². The normalized spacial score (nSPS) is 15.5. The van der Waals surface area contributed by atoms with Crippen LogP contribution in [0.3, 0.4) is 0 Å². The van der Waals surface area contributed by atoms with Gasteiger partial charge in [-0.05, 0) is 102 Å². The van der Waals surface area contributed by atoms with Crippen LogP contribution in [0.1, 0.15) is 58.1 Å². The molecule has 1 unspecified atom stereocenters. The van der Waals surface area contributed by atoms with Gasteiger partial charge >= 0.3 is 0 Å². The summed E-state index contributed by atoms with van der Waals surface area (Å²) in [5, 5.41) is 31.7. The first-order chi connectivity index (χ1) is 25.2. The number of rotatable bonds is 4. The molecule has 6 aromatic rings. The van der Waals surface area contributed by atoms with Crippen molar-refractivity contribution < 1.29 is 0 Å². The molecule has 0 fully saturated rings. The first-order valence-electron chi connectivity index (χ1n) is 17.3. The van der Waals surface area contributed by atoms with Gasteiger partial charge in [0.2, 0.25) is 0 Å². The first kappa shape index (κ1) is 30.2. The van der Waals surface area contributed by atoms with Gasteiger partial charge in [0.05, 0.1) is 46.2 Å². The molecular formula is C46H31N5. The predicted octanol–water partition coefficient (Wildman–Crippen LogP) is 10.6. The van der Waals surface area contributed by atoms with Gasteiger partial charge in [0.15, 0.2) is 0 Å². The fourth-order valence-electron chi connectivity index (χ4n) is 8.15. The van der Waals surface area contributed by atoms with Gasteiger partial charge in [-0.3, -0.25) is 0 Å². The number of hydrogen-bond acceptors (Lipinski definition) is 3. The van der Waals surface area contributed by atoms with Crippen molar-refractivity contribution in [2.75, 3.05) is 0 Å². The topological polar surface area (TPSA) is 81.2 Å². The molecule has 5 heteroatoms. The Hall–Kier alpha value is -6.87. The maximum Gasteiger partial charge on any atom is 0.101 e. The molecule has 5 nitrogen and oxygen atoms in total. The fraction of sp³-hybridized carbons (Fsp3) is 0.109. The number of fused-ring (bicyclic) bond motifs is 6. The molecule has 9 rings (SSSR count). The van der Waals surface area contributed by atoms with Crippen molar-refractivity contribution in [1.29, 1.82) is 15.8 Å². The lowest BCUT2D eigenvalue weighted by atomic mass is 9.91. The van der Waals surface area contributed by atoms with E-state index in [1.165, 1.54) is 22.2 Å². The molecule has 51 heavy (non-hydrogen) atoms. The molecular weight excluding hydrogens is 623 g/mol. The Bertz CT molecular complexity index is 2680. The maximum atomic E-state index is 10.4. The van der Waals surface area contributed by atoms with Crippen LogP contribution in [0.5, 0.6) is 0 Å². The van der Waals surface area contributed by atoms with E-state index < -0.39 is 0 Å². The largest absolute Gasteiger partial charge is 0.311 e. The van der Waals surface area contributed by atoms with Crippen LogP contribution in [0.25, 0.3) is 62.8 Å². The molecule has 0 N–H and O–H groups in total. The molecule has 240 valence electrons. The molecule has 0 spiro atoms. The van der Waals surface area contributed by atoms with Gasteiger partial charge in [0.25, 0.3) is 0 Å². The standard InChI is InChI=1S/C46H31N5/c47-27-30-19-23-39-40-15-8-11-35(29-49)46(40)51(44(39)24-20-30)45-26-32(21-22-34(45)28-48)31-9-7-10-33(25-31)36-12-1-4-16-41(36)50-42-17-5-2-13-37(42)38-14-3-6-18-43(38)50/h1-2,4-10,12-13,15-22,24-26,35H,3,11,14,23H2. The van der Waals surface area contributed by atoms with Crippen molar-refractivity contribution in [3.63, 3.8) is 0 Å². The second kappa shape index (κ2) is 12.2. The second-order valence-electron chi connectivity index (χ2n) is 13.2. The molecule has 0 saturated carbocycles. The molecule has 3 aliphatic rings. The van der Waals surface area contributed by atoms with E-state index in [0.717, 1.165) is 69.0 Å². The summed E-state index contributed by atoms with van der Waals surface area (Å²) in [4.78, 5) is 0. The summed E-state index contributed by atoms with van der Waals surface area (Å²) in [6.07, 6.45) is 17.7. The van der Waals surface area contributed by atoms with Crippen molar-refractivity contribution in [2.24, 2.45) is 0 Å². The van der Waals surface area contributed by atoms with Crippen LogP contribution < -0.4 is 0 Å². The van der Waals surface area contributed by atoms with Crippen LogP contribution in [0.15, 0.2) is 121 Å². The highest BCUT2D eigenvalue weighted by Gasteiger charge is 2.30. The van der Waals surface area contributed by atoms with Crippen molar-refractivity contribution >= 4 is 29.1 Å². The molecule has 0 amide bonds. The molecule has 3 aliphatic carbocycles. The third kappa shape index (κ3) is 4.81. The minimum Gasteiger partial charge on any atom is -0.311 e. The lowest BCUT2D eigenvalue weighted by Crippen LogP contribution is -2.10. The minimum absolute atomic E-state index is 0.356. The molecule has 1 atom stereocenters. The summed E-state index contributed by atoms with van der Waals surface area (Å²) in [6.45, 7) is 0. The van der Waals surface area contributed by atoms with E-state index in [9.17, 15) is 15.8 Å². The highest BCUT2D eigenvalue weighted by atomic mass is 15.0. The average Bonchev–Trinajstić information content (AvgIpc) is 3.60. The van der Waals surface area contributed by atoms with E-state index in [2.05, 4.69) is 131 Å². The van der Waals surface area contributed by atoms with E-state index in [-0.39, 0.29) is 5.92 Å². The minimum atomic E-state index is -0.356. The molecule has 0 saturated heterocycles. The summed E-state index contributed by atoms with van der Waals surface area (Å²) in [7, 11) is 0. The molecule has 0 bridgehead atoms. The Balaban J connectivity index is 1.21. The van der Waals surface area contributed by atoms with E-state index in [1.807, 2.05) is 30.4 Å². The monoisotopic (exact) mass is 653 g/mol. The summed E-state index contributed by atoms with van der Waals surface area (Å²) < 4.78 is 4.50. The van der Waals surface area contributed by atoms with Crippen molar-refractivity contribution in [1.82, 2.24) is 9.13 Å². The number of aryl methyl sites for hydroxylation is 1. The number of aromatic nitrogens is 2. The Labute approximate surface area is 296 Å². The highest BCUT2D eigenvalue weighted by molar-refractivity contribution is 5.92. The number of para-hydroxylation sites is 2. The van der Waals surface area contributed by atoms with Crippen molar-refractivity contribution in [3.05, 3.63) is 160 Å². The smallest absolute Gasteiger partial charge is 0.101 e. The third-order valence-corrected chi connectivity index (χ3v) is 10.5. The van der Waals surface area contributed by atoms with Crippen LogP contribution in [0, 0.1) is 34.0 Å². The van der Waals surface area contributed by atoms with E-state index in [0.29, 0.717) is 24.0 Å². The maximum absolute atomic E-state index is 10.4. The summed E-state index contributed by atoms with van der Waals surface area (Å²) >= 11 is 0. The summed E-state index contributed by atoms with van der Waals surface area (Å²) in [5.41, 5.74) is 14.9. The lowest BCUT2D eigenvalue weighted by molar-refractivity contribution is 0.789. The van der Waals surface area contributed by atoms with Crippen LogP contribution in [-0.4, -0.2) is 9.13 Å². The van der Waals surface area contributed by atoms with Crippen LogP contribution >= 0.6 is 0 Å². The Morgan fingerprint density at radius 2 is 1.47 bits per heavy atom. The van der Waals surface area contributed by atoms with Gasteiger partial charge in [-0.15, -0.1) is 0 Å². The van der Waals surface area contributed by atoms with Crippen LogP contribution in [0.2, 0.25) is 0 Å². The fourth-order valence-corrected chi connectivity index (χ4v) is 8.15. The number of nitriles is 3. The quantitative estimate of drug-likeness (QED) is 0.190. The van der Waals surface area contributed by atoms with Crippen molar-refractivity contribution in [3.8, 4) is 51.8 Å². The Morgan fingerprint density at radius 1 is 0.647 bits per heavy atom.